The lowest BCUT2D eigenvalue weighted by Crippen LogP contribution is -2.46. The van der Waals surface area contributed by atoms with Gasteiger partial charge in [-0.2, -0.15) is 13.2 Å². The molecule has 188 valence electrons. The molecule has 1 aliphatic rings. The van der Waals surface area contributed by atoms with E-state index in [2.05, 4.69) is 20.6 Å². The van der Waals surface area contributed by atoms with Crippen molar-refractivity contribution in [3.63, 3.8) is 0 Å². The van der Waals surface area contributed by atoms with Crippen molar-refractivity contribution in [3.05, 3.63) is 82.9 Å². The van der Waals surface area contributed by atoms with E-state index in [-0.39, 0.29) is 30.9 Å². The molecule has 1 aliphatic heterocycles. The van der Waals surface area contributed by atoms with Gasteiger partial charge >= 0.3 is 6.18 Å². The molecule has 11 heteroatoms. The van der Waals surface area contributed by atoms with Crippen molar-refractivity contribution >= 4 is 42.3 Å². The quantitative estimate of drug-likeness (QED) is 0.395. The lowest BCUT2D eigenvalue weighted by Gasteiger charge is -2.32. The topological polar surface area (TPSA) is 66.9 Å². The first-order chi connectivity index (χ1) is 15.8. The van der Waals surface area contributed by atoms with E-state index in [4.69, 9.17) is 11.6 Å². The summed E-state index contributed by atoms with van der Waals surface area (Å²) in [7, 11) is 0. The van der Waals surface area contributed by atoms with Crippen LogP contribution in [-0.4, -0.2) is 28.5 Å². The molecule has 0 bridgehead atoms. The van der Waals surface area contributed by atoms with Crippen molar-refractivity contribution in [2.45, 2.75) is 37.5 Å². The Balaban J connectivity index is 0.00000216. The summed E-state index contributed by atoms with van der Waals surface area (Å²) in [6.07, 6.45) is 2.56. The van der Waals surface area contributed by atoms with E-state index < -0.39 is 34.4 Å². The molecule has 0 spiro atoms. The average Bonchev–Trinajstić information content (AvgIpc) is 2.83. The van der Waals surface area contributed by atoms with Crippen LogP contribution in [0, 0.1) is 0 Å². The third kappa shape index (κ3) is 6.85. The van der Waals surface area contributed by atoms with Crippen LogP contribution in [0.4, 0.5) is 13.2 Å². The minimum absolute atomic E-state index is 0. The predicted octanol–water partition coefficient (Wildman–Crippen LogP) is 6.27. The highest BCUT2D eigenvalue weighted by Gasteiger charge is 2.36. The molecule has 0 unspecified atom stereocenters. The first kappa shape index (κ1) is 28.8. The maximum absolute atomic E-state index is 13.2. The van der Waals surface area contributed by atoms with Crippen LogP contribution in [0.5, 0.6) is 0 Å². The average molecular weight is 548 g/mol. The number of nitrogens with one attached hydrogen (secondary N) is 2. The molecule has 35 heavy (non-hydrogen) atoms. The number of benzene rings is 1. The summed E-state index contributed by atoms with van der Waals surface area (Å²) in [5.41, 5.74) is 1.23. The van der Waals surface area contributed by atoms with Crippen LogP contribution in [0.1, 0.15) is 46.9 Å². The van der Waals surface area contributed by atoms with Gasteiger partial charge in [0, 0.05) is 24.6 Å². The number of halogens is 6. The van der Waals surface area contributed by atoms with Gasteiger partial charge in [-0.1, -0.05) is 48.4 Å². The number of nitrogens with zero attached hydrogens (tertiary/aromatic N) is 2. The lowest BCUT2D eigenvalue weighted by molar-refractivity contribution is -0.137. The van der Waals surface area contributed by atoms with Gasteiger partial charge < -0.3 is 10.6 Å². The first-order valence-corrected chi connectivity index (χ1v) is 11.0. The Morgan fingerprint density at radius 1 is 1.06 bits per heavy atom. The van der Waals surface area contributed by atoms with Gasteiger partial charge in [-0.3, -0.25) is 9.78 Å². The van der Waals surface area contributed by atoms with Gasteiger partial charge in [0.15, 0.2) is 0 Å². The van der Waals surface area contributed by atoms with E-state index in [9.17, 15) is 18.0 Å². The number of hydrogen-bond acceptors (Lipinski definition) is 4. The molecule has 1 aromatic carbocycles. The molecule has 2 atom stereocenters. The highest BCUT2D eigenvalue weighted by molar-refractivity contribution is 6.34. The predicted molar refractivity (Wildman–Crippen MR) is 134 cm³/mol. The molecule has 5 nitrogen and oxygen atoms in total. The number of amides is 1. The van der Waals surface area contributed by atoms with Gasteiger partial charge in [-0.15, -0.1) is 24.8 Å². The number of carbonyl (C=O) groups is 1. The van der Waals surface area contributed by atoms with Crippen LogP contribution >= 0.6 is 36.4 Å². The number of piperidine rings is 1. The van der Waals surface area contributed by atoms with Crippen molar-refractivity contribution in [2.75, 3.05) is 6.54 Å². The zero-order valence-electron chi connectivity index (χ0n) is 18.4. The molecular formula is C24H24Cl3F3N4O. The Labute approximate surface area is 218 Å². The Morgan fingerprint density at radius 3 is 2.40 bits per heavy atom. The molecule has 0 radical (unpaired) electrons. The molecular weight excluding hydrogens is 524 g/mol. The van der Waals surface area contributed by atoms with Crippen molar-refractivity contribution in [1.82, 2.24) is 20.6 Å². The minimum atomic E-state index is -4.68. The van der Waals surface area contributed by atoms with Crippen molar-refractivity contribution in [2.24, 2.45) is 0 Å². The minimum Gasteiger partial charge on any atom is -0.342 e. The summed E-state index contributed by atoms with van der Waals surface area (Å²) >= 11 is 5.93. The third-order valence-electron chi connectivity index (χ3n) is 5.71. The third-order valence-corrected chi connectivity index (χ3v) is 6.09. The zero-order chi connectivity index (χ0) is 23.4. The van der Waals surface area contributed by atoms with Crippen molar-refractivity contribution in [3.8, 4) is 11.1 Å². The molecule has 0 aliphatic carbocycles. The standard InChI is InChI=1S/C24H22ClF3N4O.2ClH/c25-20-18(24(26,27)28)10-13-31-22(20)23(33)32-21(19-5-1-2-12-30-19)16-8-6-15(7-9-16)17-4-3-11-29-14-17;;/h3-4,6-11,13-14,19,21,30H,1-2,5,12H2,(H,32,33);2*1H/t19-,21-;;/m0../s1. The number of hydrogen-bond donors (Lipinski definition) is 2. The van der Waals surface area contributed by atoms with Gasteiger partial charge in [0.05, 0.1) is 16.6 Å². The molecule has 3 heterocycles. The number of pyridine rings is 2. The second-order valence-electron chi connectivity index (χ2n) is 7.89. The van der Waals surface area contributed by atoms with Gasteiger partial charge in [0.2, 0.25) is 0 Å². The summed E-state index contributed by atoms with van der Waals surface area (Å²) < 4.78 is 39.7. The van der Waals surface area contributed by atoms with E-state index in [0.29, 0.717) is 0 Å². The van der Waals surface area contributed by atoms with Crippen LogP contribution in [0.3, 0.4) is 0 Å². The monoisotopic (exact) mass is 546 g/mol. The maximum atomic E-state index is 13.2. The normalized spacial score (nSPS) is 16.4. The summed E-state index contributed by atoms with van der Waals surface area (Å²) in [6.45, 7) is 0.799. The fourth-order valence-electron chi connectivity index (χ4n) is 4.03. The summed E-state index contributed by atoms with van der Waals surface area (Å²) in [5, 5.41) is 5.58. The van der Waals surface area contributed by atoms with Crippen LogP contribution < -0.4 is 10.6 Å². The largest absolute Gasteiger partial charge is 0.417 e. The number of carbonyl (C=O) groups excluding carboxylic acids is 1. The van der Waals surface area contributed by atoms with Crippen LogP contribution in [-0.2, 0) is 6.18 Å². The second kappa shape index (κ2) is 12.5. The second-order valence-corrected chi connectivity index (χ2v) is 8.27. The molecule has 3 aromatic rings. The fourth-order valence-corrected chi connectivity index (χ4v) is 4.33. The van der Waals surface area contributed by atoms with Crippen LogP contribution in [0.25, 0.3) is 11.1 Å². The van der Waals surface area contributed by atoms with E-state index in [1.165, 1.54) is 0 Å². The number of alkyl halides is 3. The van der Waals surface area contributed by atoms with Crippen molar-refractivity contribution in [1.29, 1.82) is 0 Å². The first-order valence-electron chi connectivity index (χ1n) is 10.6. The van der Waals surface area contributed by atoms with Gasteiger partial charge in [0.25, 0.3) is 5.91 Å². The van der Waals surface area contributed by atoms with E-state index in [1.54, 1.807) is 12.4 Å². The van der Waals surface area contributed by atoms with Gasteiger partial charge in [0.1, 0.15) is 5.69 Å². The summed E-state index contributed by atoms with van der Waals surface area (Å²) in [4.78, 5) is 21.0. The van der Waals surface area contributed by atoms with Crippen LogP contribution in [0.15, 0.2) is 61.1 Å². The van der Waals surface area contributed by atoms with Crippen LogP contribution in [0.2, 0.25) is 5.02 Å². The Bertz CT molecular complexity index is 1110. The molecule has 1 amide bonds. The number of aromatic nitrogens is 2. The SMILES string of the molecule is Cl.Cl.O=C(N[C@@H](c1ccc(-c2cccnc2)cc1)[C@@H]1CCCCN1)c1nccc(C(F)(F)F)c1Cl. The molecule has 1 fully saturated rings. The smallest absolute Gasteiger partial charge is 0.342 e. The molecule has 2 aromatic heterocycles. The highest BCUT2D eigenvalue weighted by atomic mass is 35.5. The van der Waals surface area contributed by atoms with E-state index in [0.717, 1.165) is 54.8 Å². The van der Waals surface area contributed by atoms with Crippen molar-refractivity contribution < 1.29 is 18.0 Å². The Hall–Kier alpha value is -2.39. The summed E-state index contributed by atoms with van der Waals surface area (Å²) in [5.74, 6) is -0.750. The Morgan fingerprint density at radius 2 is 1.80 bits per heavy atom. The fraction of sp³-hybridized carbons (Fsp3) is 0.292. The maximum Gasteiger partial charge on any atom is 0.417 e. The lowest BCUT2D eigenvalue weighted by atomic mass is 9.91. The molecule has 4 rings (SSSR count). The molecule has 1 saturated heterocycles. The highest BCUT2D eigenvalue weighted by Crippen LogP contribution is 2.36. The Kier molecular flexibility index (Phi) is 10.3. The van der Waals surface area contributed by atoms with E-state index in [1.807, 2.05) is 36.4 Å². The van der Waals surface area contributed by atoms with Gasteiger partial charge in [-0.25, -0.2) is 4.98 Å². The zero-order valence-corrected chi connectivity index (χ0v) is 20.8. The van der Waals surface area contributed by atoms with E-state index >= 15 is 0 Å². The van der Waals surface area contributed by atoms with Gasteiger partial charge in [-0.05, 0) is 48.2 Å². The molecule has 0 saturated carbocycles. The molecule has 2 N–H and O–H groups in total. The summed E-state index contributed by atoms with van der Waals surface area (Å²) in [6, 6.07) is 11.7. The number of rotatable bonds is 5.